The Labute approximate surface area is 114 Å². The number of fused-ring (bicyclic) bond motifs is 1. The first-order valence-corrected chi connectivity index (χ1v) is 6.81. The lowest BCUT2D eigenvalue weighted by Crippen LogP contribution is -2.10. The van der Waals surface area contributed by atoms with E-state index < -0.39 is 0 Å². The summed E-state index contributed by atoms with van der Waals surface area (Å²) in [5.41, 5.74) is 1.23. The Morgan fingerprint density at radius 2 is 2.05 bits per heavy atom. The molecule has 0 aliphatic carbocycles. The number of nitrogens with zero attached hydrogens (tertiary/aromatic N) is 4. The van der Waals surface area contributed by atoms with Gasteiger partial charge >= 0.3 is 0 Å². The number of hydrogen-bond donors (Lipinski definition) is 2. The maximum Gasteiger partial charge on any atom is 0.146 e. The van der Waals surface area contributed by atoms with E-state index in [9.17, 15) is 0 Å². The molecule has 98 valence electrons. The molecule has 3 aromatic heterocycles. The van der Waals surface area contributed by atoms with Gasteiger partial charge in [-0.2, -0.15) is 5.10 Å². The molecule has 0 saturated carbocycles. The molecule has 0 radical (unpaired) electrons. The number of aromatic amines is 1. The minimum absolute atomic E-state index is 0.0141. The average Bonchev–Trinajstić information content (AvgIpc) is 3.00. The van der Waals surface area contributed by atoms with Crippen LogP contribution in [0.5, 0.6) is 0 Å². The highest BCUT2D eigenvalue weighted by atomic mass is 32.1. The van der Waals surface area contributed by atoms with Crippen molar-refractivity contribution in [1.29, 1.82) is 0 Å². The summed E-state index contributed by atoms with van der Waals surface area (Å²) in [7, 11) is 0. The highest BCUT2D eigenvalue weighted by Gasteiger charge is 2.15. The van der Waals surface area contributed by atoms with Crippen LogP contribution in [-0.4, -0.2) is 25.1 Å². The van der Waals surface area contributed by atoms with Crippen molar-refractivity contribution in [2.45, 2.75) is 26.8 Å². The summed E-state index contributed by atoms with van der Waals surface area (Å²) in [6, 6.07) is 0.0141. The standard InChI is InChI=1S/C12H14N6S/c1-6-8(3)19-12-9(6)11(13-4-15-12)17-7(2)10-14-5-16-18-10/h4-5,7H,1-3H3,(H,13,15,17)(H,14,16,18). The Morgan fingerprint density at radius 1 is 1.21 bits per heavy atom. The van der Waals surface area contributed by atoms with Crippen molar-refractivity contribution < 1.29 is 0 Å². The Kier molecular flexibility index (Phi) is 2.90. The Balaban J connectivity index is 2.01. The lowest BCUT2D eigenvalue weighted by molar-refractivity contribution is 0.791. The van der Waals surface area contributed by atoms with Crippen LogP contribution >= 0.6 is 11.3 Å². The zero-order chi connectivity index (χ0) is 13.4. The number of rotatable bonds is 3. The average molecular weight is 274 g/mol. The second-order valence-electron chi connectivity index (χ2n) is 4.42. The molecule has 19 heavy (non-hydrogen) atoms. The van der Waals surface area contributed by atoms with Crippen LogP contribution in [0.1, 0.15) is 29.2 Å². The number of aryl methyl sites for hydroxylation is 2. The first kappa shape index (κ1) is 12.0. The summed E-state index contributed by atoms with van der Waals surface area (Å²) in [6.07, 6.45) is 3.09. The Bertz CT molecular complexity index is 702. The third kappa shape index (κ3) is 2.06. The van der Waals surface area contributed by atoms with E-state index in [1.165, 1.54) is 16.8 Å². The van der Waals surface area contributed by atoms with Gasteiger partial charge in [0.1, 0.15) is 29.1 Å². The van der Waals surface area contributed by atoms with Crippen molar-refractivity contribution >= 4 is 27.4 Å². The predicted molar refractivity (Wildman–Crippen MR) is 75.3 cm³/mol. The fourth-order valence-electron chi connectivity index (χ4n) is 1.99. The fourth-order valence-corrected chi connectivity index (χ4v) is 2.99. The summed E-state index contributed by atoms with van der Waals surface area (Å²) >= 11 is 1.69. The second kappa shape index (κ2) is 4.58. The lowest BCUT2D eigenvalue weighted by Gasteiger charge is -2.12. The monoisotopic (exact) mass is 274 g/mol. The molecule has 2 N–H and O–H groups in total. The molecule has 3 heterocycles. The number of hydrogen-bond acceptors (Lipinski definition) is 6. The number of thiophene rings is 1. The summed E-state index contributed by atoms with van der Waals surface area (Å²) < 4.78 is 0. The summed E-state index contributed by atoms with van der Waals surface area (Å²) in [5, 5.41) is 11.2. The molecule has 0 spiro atoms. The Morgan fingerprint density at radius 3 is 2.79 bits per heavy atom. The SMILES string of the molecule is Cc1sc2ncnc(NC(C)c3ncn[nH]3)c2c1C. The van der Waals surface area contributed by atoms with Crippen LogP contribution in [0.25, 0.3) is 10.2 Å². The normalized spacial score (nSPS) is 12.8. The number of aromatic nitrogens is 5. The van der Waals surface area contributed by atoms with Crippen LogP contribution in [0.4, 0.5) is 5.82 Å². The zero-order valence-electron chi connectivity index (χ0n) is 10.9. The molecule has 1 unspecified atom stereocenters. The third-order valence-electron chi connectivity index (χ3n) is 3.16. The molecule has 7 heteroatoms. The van der Waals surface area contributed by atoms with Gasteiger partial charge in [-0.25, -0.2) is 15.0 Å². The minimum atomic E-state index is 0.0141. The van der Waals surface area contributed by atoms with Crippen molar-refractivity contribution in [3.8, 4) is 0 Å². The molecule has 0 aromatic carbocycles. The predicted octanol–water partition coefficient (Wildman–Crippen LogP) is 2.60. The maximum atomic E-state index is 4.35. The van der Waals surface area contributed by atoms with Crippen molar-refractivity contribution in [2.24, 2.45) is 0 Å². The fraction of sp³-hybridized carbons (Fsp3) is 0.333. The van der Waals surface area contributed by atoms with Gasteiger partial charge in [-0.05, 0) is 26.3 Å². The van der Waals surface area contributed by atoms with Gasteiger partial charge in [0.25, 0.3) is 0 Å². The van der Waals surface area contributed by atoms with Crippen molar-refractivity contribution in [3.63, 3.8) is 0 Å². The third-order valence-corrected chi connectivity index (χ3v) is 4.28. The smallest absolute Gasteiger partial charge is 0.146 e. The molecular formula is C12H14N6S. The molecule has 3 aromatic rings. The van der Waals surface area contributed by atoms with Crippen molar-refractivity contribution in [2.75, 3.05) is 5.32 Å². The molecule has 0 aliphatic heterocycles. The van der Waals surface area contributed by atoms with E-state index in [1.807, 2.05) is 6.92 Å². The van der Waals surface area contributed by atoms with Gasteiger partial charge < -0.3 is 5.32 Å². The molecule has 0 aliphatic rings. The largest absolute Gasteiger partial charge is 0.360 e. The first-order chi connectivity index (χ1) is 9.16. The number of nitrogens with one attached hydrogen (secondary N) is 2. The molecule has 0 amide bonds. The van der Waals surface area contributed by atoms with E-state index in [-0.39, 0.29) is 6.04 Å². The van der Waals surface area contributed by atoms with E-state index in [0.29, 0.717) is 0 Å². The highest BCUT2D eigenvalue weighted by Crippen LogP contribution is 2.33. The van der Waals surface area contributed by atoms with Gasteiger partial charge in [0.05, 0.1) is 11.4 Å². The van der Waals surface area contributed by atoms with Crippen LogP contribution in [-0.2, 0) is 0 Å². The van der Waals surface area contributed by atoms with Crippen LogP contribution < -0.4 is 5.32 Å². The molecule has 3 rings (SSSR count). The molecule has 0 bridgehead atoms. The van der Waals surface area contributed by atoms with Gasteiger partial charge in [-0.15, -0.1) is 11.3 Å². The van der Waals surface area contributed by atoms with Crippen LogP contribution in [0.3, 0.4) is 0 Å². The van der Waals surface area contributed by atoms with E-state index >= 15 is 0 Å². The van der Waals surface area contributed by atoms with E-state index in [1.54, 1.807) is 17.7 Å². The second-order valence-corrected chi connectivity index (χ2v) is 5.63. The molecular weight excluding hydrogens is 260 g/mol. The van der Waals surface area contributed by atoms with Crippen molar-refractivity contribution in [1.82, 2.24) is 25.1 Å². The zero-order valence-corrected chi connectivity index (χ0v) is 11.7. The number of H-pyrrole nitrogens is 1. The first-order valence-electron chi connectivity index (χ1n) is 5.99. The van der Waals surface area contributed by atoms with Gasteiger partial charge in [0, 0.05) is 4.88 Å². The molecule has 0 fully saturated rings. The van der Waals surface area contributed by atoms with E-state index in [0.717, 1.165) is 21.9 Å². The maximum absolute atomic E-state index is 4.35. The summed E-state index contributed by atoms with van der Waals surface area (Å²) in [6.45, 7) is 6.22. The van der Waals surface area contributed by atoms with Gasteiger partial charge in [0.2, 0.25) is 0 Å². The van der Waals surface area contributed by atoms with E-state index in [2.05, 4.69) is 44.3 Å². The topological polar surface area (TPSA) is 79.4 Å². The number of anilines is 1. The molecule has 0 saturated heterocycles. The lowest BCUT2D eigenvalue weighted by atomic mass is 10.2. The molecule has 1 atom stereocenters. The quantitative estimate of drug-likeness (QED) is 0.767. The van der Waals surface area contributed by atoms with Crippen molar-refractivity contribution in [3.05, 3.63) is 28.9 Å². The van der Waals surface area contributed by atoms with Crippen LogP contribution in [0.2, 0.25) is 0 Å². The van der Waals surface area contributed by atoms with Gasteiger partial charge in [-0.3, -0.25) is 5.10 Å². The summed E-state index contributed by atoms with van der Waals surface area (Å²) in [5.74, 6) is 1.63. The van der Waals surface area contributed by atoms with Crippen LogP contribution in [0.15, 0.2) is 12.7 Å². The van der Waals surface area contributed by atoms with Crippen LogP contribution in [0, 0.1) is 13.8 Å². The minimum Gasteiger partial charge on any atom is -0.360 e. The van der Waals surface area contributed by atoms with E-state index in [4.69, 9.17) is 0 Å². The van der Waals surface area contributed by atoms with Gasteiger partial charge in [0.15, 0.2) is 0 Å². The molecule has 6 nitrogen and oxygen atoms in total. The summed E-state index contributed by atoms with van der Waals surface area (Å²) in [4.78, 5) is 15.1. The Hall–Kier alpha value is -2.02. The highest BCUT2D eigenvalue weighted by molar-refractivity contribution is 7.18. The van der Waals surface area contributed by atoms with Gasteiger partial charge in [-0.1, -0.05) is 0 Å².